The first-order valence-electron chi connectivity index (χ1n) is 12.8. The van der Waals surface area contributed by atoms with Crippen LogP contribution >= 0.6 is 0 Å². The molecule has 0 aromatic heterocycles. The SMILES string of the molecule is CC(C)C(c1cc(C(C)(C)C)c(O)c(C(C)(C)C)c1)c1cc(C(C)(C)C)c(O)c(C(C)(C)C)c1. The minimum Gasteiger partial charge on any atom is -0.507 e. The molecule has 0 fully saturated rings. The second kappa shape index (κ2) is 8.92. The summed E-state index contributed by atoms with van der Waals surface area (Å²) in [7, 11) is 0. The fourth-order valence-electron chi connectivity index (χ4n) is 4.92. The molecule has 2 nitrogen and oxygen atoms in total. The lowest BCUT2D eigenvalue weighted by Gasteiger charge is -2.33. The smallest absolute Gasteiger partial charge is 0.123 e. The highest BCUT2D eigenvalue weighted by atomic mass is 16.3. The Kier molecular flexibility index (Phi) is 7.42. The van der Waals surface area contributed by atoms with Gasteiger partial charge >= 0.3 is 0 Å². The molecule has 0 aliphatic heterocycles. The van der Waals surface area contributed by atoms with E-state index in [2.05, 4.69) is 121 Å². The molecule has 0 saturated heterocycles. The zero-order valence-corrected chi connectivity index (χ0v) is 24.4. The van der Waals surface area contributed by atoms with Crippen molar-refractivity contribution in [3.63, 3.8) is 0 Å². The maximum Gasteiger partial charge on any atom is 0.123 e. The van der Waals surface area contributed by atoms with Crippen molar-refractivity contribution in [3.05, 3.63) is 57.6 Å². The van der Waals surface area contributed by atoms with Gasteiger partial charge in [-0.05, 0) is 61.0 Å². The molecule has 0 bridgehead atoms. The van der Waals surface area contributed by atoms with Crippen LogP contribution in [0, 0.1) is 5.92 Å². The number of rotatable bonds is 3. The van der Waals surface area contributed by atoms with E-state index in [1.165, 1.54) is 11.1 Å². The highest BCUT2D eigenvalue weighted by molar-refractivity contribution is 5.55. The van der Waals surface area contributed by atoms with Gasteiger partial charge in [0.15, 0.2) is 0 Å². The van der Waals surface area contributed by atoms with Crippen LogP contribution < -0.4 is 0 Å². The van der Waals surface area contributed by atoms with Crippen LogP contribution in [0.3, 0.4) is 0 Å². The average Bonchev–Trinajstić information content (AvgIpc) is 2.59. The Hall–Kier alpha value is -1.96. The summed E-state index contributed by atoms with van der Waals surface area (Å²) in [5, 5.41) is 22.6. The van der Waals surface area contributed by atoms with E-state index in [0.29, 0.717) is 17.4 Å². The van der Waals surface area contributed by atoms with Crippen LogP contribution in [0.2, 0.25) is 0 Å². The van der Waals surface area contributed by atoms with Crippen LogP contribution in [-0.4, -0.2) is 10.2 Å². The molecule has 0 amide bonds. The monoisotopic (exact) mass is 466 g/mol. The van der Waals surface area contributed by atoms with E-state index in [9.17, 15) is 10.2 Å². The molecule has 0 aliphatic rings. The van der Waals surface area contributed by atoms with E-state index in [1.807, 2.05) is 0 Å². The Morgan fingerprint density at radius 3 is 0.824 bits per heavy atom. The molecular weight excluding hydrogens is 416 g/mol. The summed E-state index contributed by atoms with van der Waals surface area (Å²) < 4.78 is 0. The highest BCUT2D eigenvalue weighted by Crippen LogP contribution is 2.46. The van der Waals surface area contributed by atoms with Gasteiger partial charge < -0.3 is 10.2 Å². The van der Waals surface area contributed by atoms with Crippen molar-refractivity contribution < 1.29 is 10.2 Å². The second-order valence-electron chi connectivity index (χ2n) is 14.7. The van der Waals surface area contributed by atoms with Crippen molar-refractivity contribution >= 4 is 0 Å². The summed E-state index contributed by atoms with van der Waals surface area (Å²) in [6.07, 6.45) is 0. The lowest BCUT2D eigenvalue weighted by atomic mass is 9.72. The Labute approximate surface area is 209 Å². The average molecular weight is 467 g/mol. The third kappa shape index (κ3) is 5.81. The third-order valence-electron chi connectivity index (χ3n) is 6.88. The molecule has 0 spiro atoms. The molecule has 0 heterocycles. The molecule has 190 valence electrons. The van der Waals surface area contributed by atoms with Gasteiger partial charge in [0.1, 0.15) is 11.5 Å². The fraction of sp³-hybridized carbons (Fsp3) is 0.625. The van der Waals surface area contributed by atoms with Crippen LogP contribution in [0.1, 0.15) is 136 Å². The minimum atomic E-state index is -0.177. The Morgan fingerprint density at radius 1 is 0.471 bits per heavy atom. The van der Waals surface area contributed by atoms with E-state index >= 15 is 0 Å². The molecule has 2 aromatic rings. The summed E-state index contributed by atoms with van der Waals surface area (Å²) in [6.45, 7) is 30.5. The van der Waals surface area contributed by atoms with E-state index in [1.54, 1.807) is 0 Å². The van der Waals surface area contributed by atoms with Gasteiger partial charge in [-0.3, -0.25) is 0 Å². The standard InChI is InChI=1S/C32H50O2/c1-19(2)26(20-15-22(29(3,4)5)27(33)23(16-20)30(6,7)8)21-17-24(31(9,10)11)28(34)25(18-21)32(12,13)14/h15-19,26,33-34H,1-14H3. The maximum absolute atomic E-state index is 11.3. The normalized spacial score (nSPS) is 13.8. The Balaban J connectivity index is 2.98. The van der Waals surface area contributed by atoms with Crippen LogP contribution in [0.4, 0.5) is 0 Å². The first kappa shape index (κ1) is 28.3. The second-order valence-corrected chi connectivity index (χ2v) is 14.7. The summed E-state index contributed by atoms with van der Waals surface area (Å²) in [4.78, 5) is 0. The highest BCUT2D eigenvalue weighted by Gasteiger charge is 2.32. The topological polar surface area (TPSA) is 40.5 Å². The number of hydrogen-bond acceptors (Lipinski definition) is 2. The fourth-order valence-corrected chi connectivity index (χ4v) is 4.92. The Morgan fingerprint density at radius 2 is 0.676 bits per heavy atom. The van der Waals surface area contributed by atoms with E-state index < -0.39 is 0 Å². The lowest BCUT2D eigenvalue weighted by Crippen LogP contribution is -2.21. The lowest BCUT2D eigenvalue weighted by molar-refractivity contribution is 0.420. The number of phenolic OH excluding ortho intramolecular Hbond substituents is 2. The quantitative estimate of drug-likeness (QED) is 0.473. The molecule has 2 aromatic carbocycles. The van der Waals surface area contributed by atoms with Crippen molar-refractivity contribution in [2.45, 2.75) is 125 Å². The van der Waals surface area contributed by atoms with Crippen LogP contribution in [0.15, 0.2) is 24.3 Å². The first-order chi connectivity index (χ1) is 15.1. The van der Waals surface area contributed by atoms with Crippen LogP contribution in [-0.2, 0) is 21.7 Å². The van der Waals surface area contributed by atoms with Gasteiger partial charge in [0, 0.05) is 5.92 Å². The zero-order valence-electron chi connectivity index (χ0n) is 24.4. The van der Waals surface area contributed by atoms with Gasteiger partial charge in [0.05, 0.1) is 0 Å². The minimum absolute atomic E-state index is 0.144. The Bertz CT molecular complexity index is 877. The van der Waals surface area contributed by atoms with Gasteiger partial charge in [0.2, 0.25) is 0 Å². The largest absolute Gasteiger partial charge is 0.507 e. The van der Waals surface area contributed by atoms with Crippen molar-refractivity contribution in [3.8, 4) is 11.5 Å². The summed E-state index contributed by atoms with van der Waals surface area (Å²) in [5.41, 5.74) is 5.72. The molecule has 0 atom stereocenters. The van der Waals surface area contributed by atoms with Gasteiger partial charge in [0.25, 0.3) is 0 Å². The molecule has 2 N–H and O–H groups in total. The third-order valence-corrected chi connectivity index (χ3v) is 6.88. The predicted molar refractivity (Wildman–Crippen MR) is 148 cm³/mol. The zero-order chi connectivity index (χ0) is 26.6. The number of aromatic hydroxyl groups is 2. The number of hydrogen-bond donors (Lipinski definition) is 2. The maximum atomic E-state index is 11.3. The molecule has 2 rings (SSSR count). The van der Waals surface area contributed by atoms with Crippen LogP contribution in [0.5, 0.6) is 11.5 Å². The van der Waals surface area contributed by atoms with Crippen molar-refractivity contribution in [1.82, 2.24) is 0 Å². The summed E-state index contributed by atoms with van der Waals surface area (Å²) in [5.74, 6) is 1.33. The first-order valence-corrected chi connectivity index (χ1v) is 12.8. The molecule has 34 heavy (non-hydrogen) atoms. The molecule has 0 unspecified atom stereocenters. The summed E-state index contributed by atoms with van der Waals surface area (Å²) >= 11 is 0. The van der Waals surface area contributed by atoms with E-state index in [0.717, 1.165) is 22.3 Å². The molecule has 0 saturated carbocycles. The van der Waals surface area contributed by atoms with Gasteiger partial charge in [-0.25, -0.2) is 0 Å². The van der Waals surface area contributed by atoms with Crippen molar-refractivity contribution in [2.24, 2.45) is 5.92 Å². The van der Waals surface area contributed by atoms with Crippen molar-refractivity contribution in [2.75, 3.05) is 0 Å². The van der Waals surface area contributed by atoms with E-state index in [-0.39, 0.29) is 27.6 Å². The van der Waals surface area contributed by atoms with E-state index in [4.69, 9.17) is 0 Å². The number of phenols is 2. The molecule has 0 radical (unpaired) electrons. The molecular formula is C32H50O2. The summed E-state index contributed by atoms with van der Waals surface area (Å²) in [6, 6.07) is 8.87. The van der Waals surface area contributed by atoms with Gasteiger partial charge in [-0.2, -0.15) is 0 Å². The molecule has 0 aliphatic carbocycles. The predicted octanol–water partition coefficient (Wildman–Crippen LogP) is 9.08. The van der Waals surface area contributed by atoms with Gasteiger partial charge in [-0.15, -0.1) is 0 Å². The van der Waals surface area contributed by atoms with Crippen molar-refractivity contribution in [1.29, 1.82) is 0 Å². The van der Waals surface area contributed by atoms with Gasteiger partial charge in [-0.1, -0.05) is 121 Å². The number of benzene rings is 2. The van der Waals surface area contributed by atoms with Crippen LogP contribution in [0.25, 0.3) is 0 Å². The molecule has 2 heteroatoms.